The molecule has 5 nitrogen and oxygen atoms in total. The second-order valence-corrected chi connectivity index (χ2v) is 8.64. The monoisotopic (exact) mass is 425 g/mol. The fourth-order valence-electron chi connectivity index (χ4n) is 4.18. The van der Waals surface area contributed by atoms with Crippen molar-refractivity contribution in [3.05, 3.63) is 58.9 Å². The highest BCUT2D eigenvalue weighted by atomic mass is 32.2. The first-order chi connectivity index (χ1) is 14.7. The Balaban J connectivity index is 1.65. The van der Waals surface area contributed by atoms with Gasteiger partial charge in [-0.25, -0.2) is 0 Å². The molecule has 1 aromatic carbocycles. The number of rotatable bonds is 7. The zero-order valence-corrected chi connectivity index (χ0v) is 18.1. The topological polar surface area (TPSA) is 59.8 Å². The summed E-state index contributed by atoms with van der Waals surface area (Å²) in [6, 6.07) is 11.2. The molecule has 158 valence electrons. The molecule has 2 heterocycles. The van der Waals surface area contributed by atoms with E-state index in [1.165, 1.54) is 29.5 Å². The molecule has 0 spiro atoms. The lowest BCUT2D eigenvalue weighted by molar-refractivity contribution is -0.139. The second kappa shape index (κ2) is 9.56. The minimum Gasteiger partial charge on any atom is -0.494 e. The van der Waals surface area contributed by atoms with E-state index in [1.807, 2.05) is 43.3 Å². The number of thioether (sulfide) groups is 1. The van der Waals surface area contributed by atoms with E-state index in [-0.39, 0.29) is 17.9 Å². The fraction of sp³-hybridized carbons (Fsp3) is 0.417. The van der Waals surface area contributed by atoms with Gasteiger partial charge in [0.1, 0.15) is 11.5 Å². The van der Waals surface area contributed by atoms with Crippen molar-refractivity contribution < 1.29 is 18.7 Å². The molecule has 4 rings (SSSR count). The van der Waals surface area contributed by atoms with Crippen molar-refractivity contribution in [1.29, 1.82) is 0 Å². The molecular formula is C24H27NO4S. The highest BCUT2D eigenvalue weighted by Gasteiger charge is 2.42. The average molecular weight is 426 g/mol. The summed E-state index contributed by atoms with van der Waals surface area (Å²) in [6.45, 7) is 2.52. The lowest BCUT2D eigenvalue weighted by Gasteiger charge is -2.25. The second-order valence-electron chi connectivity index (χ2n) is 7.66. The fourth-order valence-corrected chi connectivity index (χ4v) is 5.21. The number of nitrogens with zero attached hydrogens (tertiary/aromatic N) is 1. The third-order valence-corrected chi connectivity index (χ3v) is 6.75. The van der Waals surface area contributed by atoms with E-state index in [0.717, 1.165) is 42.8 Å². The van der Waals surface area contributed by atoms with E-state index in [2.05, 4.69) is 0 Å². The minimum absolute atomic E-state index is 0.00749. The van der Waals surface area contributed by atoms with Gasteiger partial charge in [-0.2, -0.15) is 0 Å². The van der Waals surface area contributed by atoms with Crippen LogP contribution in [0, 0.1) is 0 Å². The molecule has 1 aliphatic heterocycles. The van der Waals surface area contributed by atoms with Crippen molar-refractivity contribution in [1.82, 2.24) is 4.90 Å². The van der Waals surface area contributed by atoms with Crippen molar-refractivity contribution in [3.8, 4) is 5.75 Å². The maximum atomic E-state index is 13.5. The minimum atomic E-state index is -0.169. The Kier molecular flexibility index (Phi) is 6.62. The van der Waals surface area contributed by atoms with E-state index in [4.69, 9.17) is 9.15 Å². The Morgan fingerprint density at radius 2 is 1.77 bits per heavy atom. The Hall–Kier alpha value is -2.47. The molecule has 0 radical (unpaired) electrons. The van der Waals surface area contributed by atoms with Gasteiger partial charge in [-0.15, -0.1) is 11.8 Å². The van der Waals surface area contributed by atoms with Crippen molar-refractivity contribution in [3.63, 3.8) is 0 Å². The number of ether oxygens (including phenoxy) is 1. The average Bonchev–Trinajstić information content (AvgIpc) is 3.24. The van der Waals surface area contributed by atoms with Crippen LogP contribution in [0.4, 0.5) is 0 Å². The molecule has 1 aromatic heterocycles. The Morgan fingerprint density at radius 1 is 1.03 bits per heavy atom. The summed E-state index contributed by atoms with van der Waals surface area (Å²) in [5.41, 5.74) is 1.26. The Bertz CT molecular complexity index is 909. The molecule has 0 atom stereocenters. The summed E-state index contributed by atoms with van der Waals surface area (Å²) in [5.74, 6) is 1.72. The highest BCUT2D eigenvalue weighted by molar-refractivity contribution is 8.03. The quantitative estimate of drug-likeness (QED) is 0.438. The molecule has 1 saturated carbocycles. The number of hydrogen-bond acceptors (Lipinski definition) is 5. The number of carbonyl (C=O) groups is 2. The summed E-state index contributed by atoms with van der Waals surface area (Å²) in [5, 5.41) is 0. The SMILES string of the molecule is CCOc1ccc(C2=C(SCc3ccco3)C(=O)N(C3CCCCCC3)C2=O)cc1. The van der Waals surface area contributed by atoms with Gasteiger partial charge in [0.2, 0.25) is 0 Å². The Labute approximate surface area is 181 Å². The predicted molar refractivity (Wildman–Crippen MR) is 118 cm³/mol. The molecule has 0 saturated heterocycles. The van der Waals surface area contributed by atoms with Gasteiger partial charge in [0.05, 0.1) is 29.1 Å². The van der Waals surface area contributed by atoms with E-state index in [1.54, 1.807) is 6.26 Å². The third kappa shape index (κ3) is 4.33. The van der Waals surface area contributed by atoms with Crippen LogP contribution < -0.4 is 4.74 Å². The predicted octanol–water partition coefficient (Wildman–Crippen LogP) is 5.41. The van der Waals surface area contributed by atoms with Crippen LogP contribution in [0.2, 0.25) is 0 Å². The molecule has 2 aliphatic rings. The van der Waals surface area contributed by atoms with Crippen LogP contribution in [0.5, 0.6) is 5.75 Å². The summed E-state index contributed by atoms with van der Waals surface area (Å²) in [7, 11) is 0. The largest absolute Gasteiger partial charge is 0.494 e. The van der Waals surface area contributed by atoms with Crippen molar-refractivity contribution in [2.75, 3.05) is 6.61 Å². The molecular weight excluding hydrogens is 398 g/mol. The Morgan fingerprint density at radius 3 is 2.40 bits per heavy atom. The van der Waals surface area contributed by atoms with Crippen LogP contribution in [0.1, 0.15) is 56.8 Å². The lowest BCUT2D eigenvalue weighted by Crippen LogP contribution is -2.40. The number of hydrogen-bond donors (Lipinski definition) is 0. The van der Waals surface area contributed by atoms with E-state index < -0.39 is 0 Å². The molecule has 2 amide bonds. The van der Waals surface area contributed by atoms with Gasteiger partial charge in [0.15, 0.2) is 0 Å². The molecule has 1 fully saturated rings. The summed E-state index contributed by atoms with van der Waals surface area (Å²) in [6.07, 6.45) is 7.88. The van der Waals surface area contributed by atoms with Gasteiger partial charge in [-0.1, -0.05) is 37.8 Å². The number of amides is 2. The number of carbonyl (C=O) groups excluding carboxylic acids is 2. The van der Waals surface area contributed by atoms with Gasteiger partial charge in [0.25, 0.3) is 11.8 Å². The van der Waals surface area contributed by atoms with Crippen LogP contribution in [0.3, 0.4) is 0 Å². The molecule has 6 heteroatoms. The first-order valence-corrected chi connectivity index (χ1v) is 11.7. The van der Waals surface area contributed by atoms with Gasteiger partial charge >= 0.3 is 0 Å². The zero-order chi connectivity index (χ0) is 20.9. The van der Waals surface area contributed by atoms with Gasteiger partial charge in [-0.05, 0) is 49.6 Å². The molecule has 1 aliphatic carbocycles. The van der Waals surface area contributed by atoms with Crippen molar-refractivity contribution >= 4 is 29.1 Å². The van der Waals surface area contributed by atoms with Gasteiger partial charge in [0, 0.05) is 6.04 Å². The lowest BCUT2D eigenvalue weighted by atomic mass is 10.0. The first kappa shape index (κ1) is 20.8. The normalized spacial score (nSPS) is 18.2. The van der Waals surface area contributed by atoms with Gasteiger partial charge < -0.3 is 9.15 Å². The van der Waals surface area contributed by atoms with Crippen LogP contribution in [0.25, 0.3) is 5.57 Å². The smallest absolute Gasteiger partial charge is 0.268 e. The summed E-state index contributed by atoms with van der Waals surface area (Å²) >= 11 is 1.39. The van der Waals surface area contributed by atoms with E-state index >= 15 is 0 Å². The molecule has 30 heavy (non-hydrogen) atoms. The zero-order valence-electron chi connectivity index (χ0n) is 17.3. The van der Waals surface area contributed by atoms with Crippen LogP contribution in [0.15, 0.2) is 52.0 Å². The van der Waals surface area contributed by atoms with E-state index in [0.29, 0.717) is 22.8 Å². The van der Waals surface area contributed by atoms with E-state index in [9.17, 15) is 9.59 Å². The van der Waals surface area contributed by atoms with Crippen LogP contribution in [-0.4, -0.2) is 29.4 Å². The highest BCUT2D eigenvalue weighted by Crippen LogP contribution is 2.40. The first-order valence-electron chi connectivity index (χ1n) is 10.7. The maximum absolute atomic E-state index is 13.5. The molecule has 0 bridgehead atoms. The van der Waals surface area contributed by atoms with Crippen LogP contribution >= 0.6 is 11.8 Å². The standard InChI is InChI=1S/C24H27NO4S/c1-2-28-19-13-11-17(12-14-19)21-22(30-16-20-10-7-15-29-20)24(27)25(23(21)26)18-8-5-3-4-6-9-18/h7,10-15,18H,2-6,8-9,16H2,1H3. The number of benzene rings is 1. The summed E-state index contributed by atoms with van der Waals surface area (Å²) < 4.78 is 11.0. The van der Waals surface area contributed by atoms with Crippen molar-refractivity contribution in [2.24, 2.45) is 0 Å². The molecule has 2 aromatic rings. The van der Waals surface area contributed by atoms with Crippen LogP contribution in [-0.2, 0) is 15.3 Å². The third-order valence-electron chi connectivity index (χ3n) is 5.66. The summed E-state index contributed by atoms with van der Waals surface area (Å²) in [4.78, 5) is 28.9. The maximum Gasteiger partial charge on any atom is 0.268 e. The number of furan rings is 1. The van der Waals surface area contributed by atoms with Crippen molar-refractivity contribution in [2.45, 2.75) is 57.2 Å². The van der Waals surface area contributed by atoms with Gasteiger partial charge in [-0.3, -0.25) is 14.5 Å². The number of imide groups is 1. The molecule has 0 N–H and O–H groups in total. The molecule has 0 unspecified atom stereocenters.